The van der Waals surface area contributed by atoms with Crippen molar-refractivity contribution in [3.05, 3.63) is 34.3 Å². The molecule has 2 saturated carbocycles. The van der Waals surface area contributed by atoms with Crippen molar-refractivity contribution in [3.63, 3.8) is 0 Å². The van der Waals surface area contributed by atoms with E-state index in [1.165, 1.54) is 48.7 Å². The molecule has 0 spiro atoms. The van der Waals surface area contributed by atoms with Gasteiger partial charge in [-0.25, -0.2) is 0 Å². The van der Waals surface area contributed by atoms with Crippen molar-refractivity contribution < 1.29 is 0 Å². The van der Waals surface area contributed by atoms with E-state index in [4.69, 9.17) is 0 Å². The first-order chi connectivity index (χ1) is 9.21. The van der Waals surface area contributed by atoms with Crippen LogP contribution in [0.2, 0.25) is 0 Å². The van der Waals surface area contributed by atoms with Crippen LogP contribution in [0.25, 0.3) is 0 Å². The maximum atomic E-state index is 3.68. The van der Waals surface area contributed by atoms with Crippen LogP contribution in [0.1, 0.15) is 38.2 Å². The maximum Gasteiger partial charge on any atom is 0.0177 e. The van der Waals surface area contributed by atoms with Crippen LogP contribution in [-0.4, -0.2) is 13.1 Å². The van der Waals surface area contributed by atoms with Gasteiger partial charge in [0.15, 0.2) is 0 Å². The lowest BCUT2D eigenvalue weighted by Gasteiger charge is -2.31. The average Bonchev–Trinajstić information content (AvgIpc) is 2.98. The topological polar surface area (TPSA) is 12.0 Å². The van der Waals surface area contributed by atoms with Gasteiger partial charge in [-0.05, 0) is 73.6 Å². The molecule has 0 saturated heterocycles. The van der Waals surface area contributed by atoms with Gasteiger partial charge in [-0.1, -0.05) is 35.0 Å². The second-order valence-corrected chi connectivity index (χ2v) is 7.56. The third-order valence-electron chi connectivity index (χ3n) is 4.85. The number of nitrogens with one attached hydrogen (secondary N) is 1. The largest absolute Gasteiger partial charge is 0.316 e. The highest BCUT2D eigenvalue weighted by atomic mass is 79.9. The lowest BCUT2D eigenvalue weighted by Crippen LogP contribution is -2.35. The fraction of sp³-hybridized carbons (Fsp3) is 0.647. The number of benzene rings is 1. The van der Waals surface area contributed by atoms with Crippen molar-refractivity contribution in [1.29, 1.82) is 0 Å². The average molecular weight is 322 g/mol. The minimum absolute atomic E-state index is 0.531. The summed E-state index contributed by atoms with van der Waals surface area (Å²) in [6, 6.07) is 8.88. The molecule has 0 heterocycles. The Morgan fingerprint density at radius 2 is 2.11 bits per heavy atom. The highest BCUT2D eigenvalue weighted by Crippen LogP contribution is 2.60. The third kappa shape index (κ3) is 3.22. The second-order valence-electron chi connectivity index (χ2n) is 6.65. The first kappa shape index (κ1) is 13.6. The maximum absolute atomic E-state index is 3.68. The Labute approximate surface area is 125 Å². The van der Waals surface area contributed by atoms with E-state index >= 15 is 0 Å². The summed E-state index contributed by atoms with van der Waals surface area (Å²) in [6.07, 6.45) is 6.88. The summed E-state index contributed by atoms with van der Waals surface area (Å²) in [5.41, 5.74) is 2.03. The smallest absolute Gasteiger partial charge is 0.0177 e. The molecule has 2 atom stereocenters. The van der Waals surface area contributed by atoms with Crippen LogP contribution >= 0.6 is 15.9 Å². The van der Waals surface area contributed by atoms with Gasteiger partial charge in [0.05, 0.1) is 0 Å². The molecule has 0 aromatic heterocycles. The second kappa shape index (κ2) is 5.57. The van der Waals surface area contributed by atoms with E-state index < -0.39 is 0 Å². The van der Waals surface area contributed by atoms with E-state index in [1.54, 1.807) is 0 Å². The van der Waals surface area contributed by atoms with Crippen molar-refractivity contribution in [2.45, 2.75) is 39.0 Å². The molecule has 1 aromatic rings. The molecule has 0 amide bonds. The van der Waals surface area contributed by atoms with Crippen molar-refractivity contribution in [2.24, 2.45) is 17.3 Å². The van der Waals surface area contributed by atoms with Gasteiger partial charge in [0.1, 0.15) is 0 Å². The van der Waals surface area contributed by atoms with Gasteiger partial charge in [-0.3, -0.25) is 0 Å². The third-order valence-corrected chi connectivity index (χ3v) is 5.35. The lowest BCUT2D eigenvalue weighted by atomic mass is 9.77. The Hall–Kier alpha value is -0.340. The van der Waals surface area contributed by atoms with Crippen molar-refractivity contribution >= 4 is 15.9 Å². The monoisotopic (exact) mass is 321 g/mol. The number of fused-ring (bicyclic) bond motifs is 1. The summed E-state index contributed by atoms with van der Waals surface area (Å²) in [5.74, 6) is 2.10. The number of rotatable bonds is 6. The minimum atomic E-state index is 0.531. The highest BCUT2D eigenvalue weighted by Gasteiger charge is 2.53. The normalized spacial score (nSPS) is 32.3. The van der Waals surface area contributed by atoms with E-state index in [0.717, 1.165) is 18.4 Å². The van der Waals surface area contributed by atoms with Gasteiger partial charge in [0.2, 0.25) is 0 Å². The van der Waals surface area contributed by atoms with Crippen LogP contribution in [0, 0.1) is 17.3 Å². The SMILES string of the molecule is CCCNCC1(Cc2cccc(Br)c2)CC2CC2C1. The molecule has 104 valence electrons. The van der Waals surface area contributed by atoms with Crippen molar-refractivity contribution in [3.8, 4) is 0 Å². The number of hydrogen-bond donors (Lipinski definition) is 1. The van der Waals surface area contributed by atoms with E-state index in [1.807, 2.05) is 0 Å². The molecule has 2 aliphatic rings. The van der Waals surface area contributed by atoms with Gasteiger partial charge < -0.3 is 5.32 Å². The fourth-order valence-electron chi connectivity index (χ4n) is 3.97. The summed E-state index contributed by atoms with van der Waals surface area (Å²) in [5, 5.41) is 3.68. The molecule has 1 aromatic carbocycles. The van der Waals surface area contributed by atoms with Crippen LogP contribution in [0.5, 0.6) is 0 Å². The van der Waals surface area contributed by atoms with Gasteiger partial charge >= 0.3 is 0 Å². The predicted octanol–water partition coefficient (Wildman–Crippen LogP) is 4.41. The Balaban J connectivity index is 1.69. The van der Waals surface area contributed by atoms with Crippen molar-refractivity contribution in [2.75, 3.05) is 13.1 Å². The molecule has 0 bridgehead atoms. The minimum Gasteiger partial charge on any atom is -0.316 e. The van der Waals surface area contributed by atoms with Gasteiger partial charge in [-0.2, -0.15) is 0 Å². The van der Waals surface area contributed by atoms with Crippen LogP contribution < -0.4 is 5.32 Å². The summed E-state index contributed by atoms with van der Waals surface area (Å²) in [6.45, 7) is 4.62. The molecule has 2 fully saturated rings. The molecule has 3 rings (SSSR count). The summed E-state index contributed by atoms with van der Waals surface area (Å²) in [4.78, 5) is 0. The predicted molar refractivity (Wildman–Crippen MR) is 84.3 cm³/mol. The van der Waals surface area contributed by atoms with Gasteiger partial charge in [0.25, 0.3) is 0 Å². The van der Waals surface area contributed by atoms with E-state index in [9.17, 15) is 0 Å². The highest BCUT2D eigenvalue weighted by molar-refractivity contribution is 9.10. The first-order valence-corrected chi connectivity index (χ1v) is 8.45. The Morgan fingerprint density at radius 3 is 2.79 bits per heavy atom. The number of halogens is 1. The Bertz CT molecular complexity index is 433. The van der Waals surface area contributed by atoms with Gasteiger partial charge in [-0.15, -0.1) is 0 Å². The molecular weight excluding hydrogens is 298 g/mol. The fourth-order valence-corrected chi connectivity index (χ4v) is 4.41. The summed E-state index contributed by atoms with van der Waals surface area (Å²) in [7, 11) is 0. The van der Waals surface area contributed by atoms with Crippen LogP contribution in [-0.2, 0) is 6.42 Å². The van der Waals surface area contributed by atoms with E-state index in [0.29, 0.717) is 5.41 Å². The molecule has 1 nitrogen and oxygen atoms in total. The molecule has 0 radical (unpaired) electrons. The zero-order valence-electron chi connectivity index (χ0n) is 11.8. The molecule has 0 aliphatic heterocycles. The zero-order valence-corrected chi connectivity index (χ0v) is 13.4. The standard InChI is InChI=1S/C17H24BrN/c1-2-6-19-12-17(10-14-8-15(14)11-17)9-13-4-3-5-16(18)7-13/h3-5,7,14-15,19H,2,6,8-12H2,1H3. The van der Waals surface area contributed by atoms with Crippen LogP contribution in [0.3, 0.4) is 0 Å². The molecule has 2 unspecified atom stereocenters. The van der Waals surface area contributed by atoms with Crippen molar-refractivity contribution in [1.82, 2.24) is 5.32 Å². The Kier molecular flexibility index (Phi) is 4.00. The van der Waals surface area contributed by atoms with Crippen LogP contribution in [0.4, 0.5) is 0 Å². The lowest BCUT2D eigenvalue weighted by molar-refractivity contribution is 0.249. The first-order valence-electron chi connectivity index (χ1n) is 7.66. The van der Waals surface area contributed by atoms with E-state index in [2.05, 4.69) is 52.4 Å². The molecule has 19 heavy (non-hydrogen) atoms. The van der Waals surface area contributed by atoms with E-state index in [-0.39, 0.29) is 0 Å². The molecule has 2 aliphatic carbocycles. The Morgan fingerprint density at radius 1 is 1.32 bits per heavy atom. The van der Waals surface area contributed by atoms with Gasteiger partial charge in [0, 0.05) is 11.0 Å². The zero-order chi connectivity index (χ0) is 13.3. The quantitative estimate of drug-likeness (QED) is 0.765. The molecule has 1 N–H and O–H groups in total. The summed E-state index contributed by atoms with van der Waals surface area (Å²) < 4.78 is 1.21. The van der Waals surface area contributed by atoms with Crippen LogP contribution in [0.15, 0.2) is 28.7 Å². The number of hydrogen-bond acceptors (Lipinski definition) is 1. The molecular formula is C17H24BrN. The summed E-state index contributed by atoms with van der Waals surface area (Å²) >= 11 is 3.60. The molecule has 2 heteroatoms.